The van der Waals surface area contributed by atoms with Gasteiger partial charge in [-0.1, -0.05) is 42.8 Å². The number of carbonyl (C=O) groups excluding carboxylic acids is 2. The van der Waals surface area contributed by atoms with Crippen molar-refractivity contribution in [3.8, 4) is 0 Å². The molecule has 0 aliphatic rings. The highest BCUT2D eigenvalue weighted by atomic mass is 35.5. The van der Waals surface area contributed by atoms with Crippen LogP contribution in [0.4, 0.5) is 10.1 Å². The summed E-state index contributed by atoms with van der Waals surface area (Å²) in [5.41, 5.74) is 2.28. The molecule has 7 nitrogen and oxygen atoms in total. The van der Waals surface area contributed by atoms with E-state index in [1.54, 1.807) is 31.2 Å². The van der Waals surface area contributed by atoms with Crippen molar-refractivity contribution in [2.24, 2.45) is 0 Å². The standard InChI is InChI=1S/C30H35ClFN3O4S/c1-6-22(4)33-30(37)23(5)34(18-24-9-7-8-10-28(24)32)29(36)19-35(26-14-11-20(2)21(3)17-26)40(38,39)27-15-12-25(31)13-16-27/h7-17,22-23H,6,18-19H2,1-5H3,(H,33,37)/t22-,23+/m0/s1. The Morgan fingerprint density at radius 1 is 0.975 bits per heavy atom. The Bertz CT molecular complexity index is 1460. The summed E-state index contributed by atoms with van der Waals surface area (Å²) in [5.74, 6) is -1.61. The predicted molar refractivity (Wildman–Crippen MR) is 156 cm³/mol. The molecule has 3 rings (SSSR count). The minimum Gasteiger partial charge on any atom is -0.352 e. The van der Waals surface area contributed by atoms with Gasteiger partial charge in [-0.3, -0.25) is 13.9 Å². The molecule has 0 heterocycles. The fraction of sp³-hybridized carbons (Fsp3) is 0.333. The first-order valence-corrected chi connectivity index (χ1v) is 14.9. The van der Waals surface area contributed by atoms with Gasteiger partial charge in [0.2, 0.25) is 11.8 Å². The minimum absolute atomic E-state index is 0.0499. The van der Waals surface area contributed by atoms with Gasteiger partial charge in [0.1, 0.15) is 18.4 Å². The molecule has 0 aliphatic heterocycles. The second-order valence-electron chi connectivity index (χ2n) is 9.84. The number of nitrogens with one attached hydrogen (secondary N) is 1. The maximum Gasteiger partial charge on any atom is 0.264 e. The molecule has 3 aromatic rings. The molecule has 0 spiro atoms. The van der Waals surface area contributed by atoms with Crippen molar-refractivity contribution in [2.75, 3.05) is 10.8 Å². The zero-order valence-electron chi connectivity index (χ0n) is 23.3. The molecule has 0 fully saturated rings. The van der Waals surface area contributed by atoms with Crippen LogP contribution in [-0.4, -0.2) is 43.8 Å². The molecule has 0 saturated heterocycles. The van der Waals surface area contributed by atoms with E-state index in [1.807, 2.05) is 27.7 Å². The average molecular weight is 588 g/mol. The molecule has 0 bridgehead atoms. The lowest BCUT2D eigenvalue weighted by Gasteiger charge is -2.32. The lowest BCUT2D eigenvalue weighted by molar-refractivity contribution is -0.139. The molecule has 0 saturated carbocycles. The van der Waals surface area contributed by atoms with Gasteiger partial charge in [-0.15, -0.1) is 0 Å². The highest BCUT2D eigenvalue weighted by Crippen LogP contribution is 2.27. The van der Waals surface area contributed by atoms with Gasteiger partial charge in [-0.2, -0.15) is 0 Å². The molecular weight excluding hydrogens is 553 g/mol. The second kappa shape index (κ2) is 13.3. The van der Waals surface area contributed by atoms with E-state index in [1.165, 1.54) is 47.4 Å². The molecule has 0 unspecified atom stereocenters. The summed E-state index contributed by atoms with van der Waals surface area (Å²) in [6.45, 7) is 8.22. The van der Waals surface area contributed by atoms with Gasteiger partial charge in [0.25, 0.3) is 10.0 Å². The van der Waals surface area contributed by atoms with Gasteiger partial charge in [-0.05, 0) is 87.7 Å². The van der Waals surface area contributed by atoms with E-state index in [-0.39, 0.29) is 28.7 Å². The lowest BCUT2D eigenvalue weighted by Crippen LogP contribution is -2.52. The third-order valence-electron chi connectivity index (χ3n) is 6.93. The number of benzene rings is 3. The van der Waals surface area contributed by atoms with Crippen LogP contribution in [0.3, 0.4) is 0 Å². The molecule has 2 atom stereocenters. The molecule has 40 heavy (non-hydrogen) atoms. The number of nitrogens with zero attached hydrogens (tertiary/aromatic N) is 2. The van der Waals surface area contributed by atoms with Crippen molar-refractivity contribution in [3.05, 3.63) is 94.3 Å². The van der Waals surface area contributed by atoms with Crippen molar-refractivity contribution in [3.63, 3.8) is 0 Å². The third-order valence-corrected chi connectivity index (χ3v) is 8.97. The zero-order valence-corrected chi connectivity index (χ0v) is 24.9. The Morgan fingerprint density at radius 2 is 1.62 bits per heavy atom. The molecular formula is C30H35ClFN3O4S. The van der Waals surface area contributed by atoms with Crippen molar-refractivity contribution >= 4 is 39.1 Å². The molecule has 2 amide bonds. The Kier molecular flexibility index (Phi) is 10.3. The molecule has 0 aliphatic carbocycles. The summed E-state index contributed by atoms with van der Waals surface area (Å²) >= 11 is 5.99. The van der Waals surface area contributed by atoms with Crippen LogP contribution in [0.1, 0.15) is 43.9 Å². The number of rotatable bonds is 11. The third kappa shape index (κ3) is 7.40. The molecule has 0 radical (unpaired) electrons. The van der Waals surface area contributed by atoms with Crippen LogP contribution in [0.2, 0.25) is 5.02 Å². The van der Waals surface area contributed by atoms with Crippen molar-refractivity contribution in [2.45, 2.75) is 64.6 Å². The Morgan fingerprint density at radius 3 is 2.23 bits per heavy atom. The quantitative estimate of drug-likeness (QED) is 0.315. The first kappa shape index (κ1) is 31.1. The van der Waals surface area contributed by atoms with Gasteiger partial charge in [0.05, 0.1) is 10.6 Å². The second-order valence-corrected chi connectivity index (χ2v) is 12.1. The van der Waals surface area contributed by atoms with Crippen LogP contribution < -0.4 is 9.62 Å². The highest BCUT2D eigenvalue weighted by molar-refractivity contribution is 7.92. The summed E-state index contributed by atoms with van der Waals surface area (Å²) in [6.07, 6.45) is 0.680. The smallest absolute Gasteiger partial charge is 0.264 e. The van der Waals surface area contributed by atoms with E-state index in [4.69, 9.17) is 11.6 Å². The maximum absolute atomic E-state index is 14.6. The Labute approximate surface area is 241 Å². The van der Waals surface area contributed by atoms with Crippen LogP contribution in [0.15, 0.2) is 71.6 Å². The van der Waals surface area contributed by atoms with E-state index in [2.05, 4.69) is 5.32 Å². The SMILES string of the molecule is CC[C@H](C)NC(=O)[C@@H](C)N(Cc1ccccc1F)C(=O)CN(c1ccc(C)c(C)c1)S(=O)(=O)c1ccc(Cl)cc1. The summed E-state index contributed by atoms with van der Waals surface area (Å²) in [5, 5.41) is 3.22. The number of anilines is 1. The number of halogens is 2. The van der Waals surface area contributed by atoms with Crippen LogP contribution >= 0.6 is 11.6 Å². The Hall–Kier alpha value is -3.43. The van der Waals surface area contributed by atoms with Gasteiger partial charge in [-0.25, -0.2) is 12.8 Å². The van der Waals surface area contributed by atoms with Gasteiger partial charge >= 0.3 is 0 Å². The normalized spacial score (nSPS) is 12.9. The summed E-state index contributed by atoms with van der Waals surface area (Å²) in [6, 6.07) is 15.6. The average Bonchev–Trinajstić information content (AvgIpc) is 2.92. The maximum atomic E-state index is 14.6. The van der Waals surface area contributed by atoms with Crippen molar-refractivity contribution in [1.29, 1.82) is 0 Å². The number of sulfonamides is 1. The molecule has 1 N–H and O–H groups in total. The lowest BCUT2D eigenvalue weighted by atomic mass is 10.1. The monoisotopic (exact) mass is 587 g/mol. The zero-order chi connectivity index (χ0) is 29.6. The summed E-state index contributed by atoms with van der Waals surface area (Å²) < 4.78 is 43.4. The Balaban J connectivity index is 2.06. The van der Waals surface area contributed by atoms with Crippen molar-refractivity contribution < 1.29 is 22.4 Å². The van der Waals surface area contributed by atoms with E-state index in [0.717, 1.165) is 15.4 Å². The first-order chi connectivity index (χ1) is 18.8. The fourth-order valence-electron chi connectivity index (χ4n) is 4.00. The number of hydrogen-bond donors (Lipinski definition) is 1. The molecule has 10 heteroatoms. The van der Waals surface area contributed by atoms with E-state index < -0.39 is 40.2 Å². The first-order valence-electron chi connectivity index (χ1n) is 13.0. The molecule has 214 valence electrons. The van der Waals surface area contributed by atoms with Gasteiger partial charge in [0, 0.05) is 23.2 Å². The highest BCUT2D eigenvalue weighted by Gasteiger charge is 2.33. The number of aryl methyl sites for hydroxylation is 2. The van der Waals surface area contributed by atoms with Crippen LogP contribution in [-0.2, 0) is 26.2 Å². The minimum atomic E-state index is -4.23. The fourth-order valence-corrected chi connectivity index (χ4v) is 5.53. The van der Waals surface area contributed by atoms with Crippen LogP contribution in [0, 0.1) is 19.7 Å². The number of hydrogen-bond acceptors (Lipinski definition) is 4. The number of amides is 2. The van der Waals surface area contributed by atoms with Crippen LogP contribution in [0.25, 0.3) is 0 Å². The predicted octanol–water partition coefficient (Wildman–Crippen LogP) is 5.62. The largest absolute Gasteiger partial charge is 0.352 e. The van der Waals surface area contributed by atoms with Crippen molar-refractivity contribution in [1.82, 2.24) is 10.2 Å². The molecule has 3 aromatic carbocycles. The molecule has 0 aromatic heterocycles. The number of carbonyl (C=O) groups is 2. The van der Waals surface area contributed by atoms with Crippen LogP contribution in [0.5, 0.6) is 0 Å². The van der Waals surface area contributed by atoms with E-state index in [9.17, 15) is 22.4 Å². The van der Waals surface area contributed by atoms with Gasteiger partial charge in [0.15, 0.2) is 0 Å². The van der Waals surface area contributed by atoms with E-state index in [0.29, 0.717) is 11.4 Å². The van der Waals surface area contributed by atoms with E-state index >= 15 is 0 Å². The van der Waals surface area contributed by atoms with Gasteiger partial charge < -0.3 is 10.2 Å². The summed E-state index contributed by atoms with van der Waals surface area (Å²) in [7, 11) is -4.23. The topological polar surface area (TPSA) is 86.8 Å². The summed E-state index contributed by atoms with van der Waals surface area (Å²) in [4.78, 5) is 28.2.